The van der Waals surface area contributed by atoms with Crippen molar-refractivity contribution in [3.05, 3.63) is 108 Å². The predicted molar refractivity (Wildman–Crippen MR) is 133 cm³/mol. The quantitative estimate of drug-likeness (QED) is 0.553. The van der Waals surface area contributed by atoms with E-state index in [2.05, 4.69) is 27.8 Å². The molecule has 0 bridgehead atoms. The third-order valence-corrected chi connectivity index (χ3v) is 6.05. The SMILES string of the molecule is COc1ccc2c(Oc3cccc(C(=O)NCC4=C5C=CC=CC5NC=C4)c3C)ccnc2c1. The third kappa shape index (κ3) is 4.18. The van der Waals surface area contributed by atoms with E-state index in [9.17, 15) is 4.79 Å². The van der Waals surface area contributed by atoms with Gasteiger partial charge >= 0.3 is 0 Å². The van der Waals surface area contributed by atoms with Gasteiger partial charge in [0.25, 0.3) is 5.91 Å². The molecule has 1 amide bonds. The molecule has 2 aromatic carbocycles. The number of fused-ring (bicyclic) bond motifs is 2. The Bertz CT molecular complexity index is 1380. The molecule has 2 heterocycles. The summed E-state index contributed by atoms with van der Waals surface area (Å²) in [6, 6.07) is 13.1. The van der Waals surface area contributed by atoms with Crippen LogP contribution in [0.5, 0.6) is 17.2 Å². The number of carbonyl (C=O) groups is 1. The Morgan fingerprint density at radius 3 is 2.91 bits per heavy atom. The molecule has 1 aromatic heterocycles. The van der Waals surface area contributed by atoms with E-state index in [-0.39, 0.29) is 11.9 Å². The average molecular weight is 452 g/mol. The second-order valence-corrected chi connectivity index (χ2v) is 8.11. The highest BCUT2D eigenvalue weighted by Gasteiger charge is 2.19. The molecule has 1 atom stereocenters. The van der Waals surface area contributed by atoms with Crippen LogP contribution in [0.2, 0.25) is 0 Å². The summed E-state index contributed by atoms with van der Waals surface area (Å²) in [5.41, 5.74) is 4.38. The molecule has 0 fully saturated rings. The number of pyridine rings is 1. The lowest BCUT2D eigenvalue weighted by Gasteiger charge is -2.24. The number of nitrogens with one attached hydrogen (secondary N) is 2. The smallest absolute Gasteiger partial charge is 0.251 e. The summed E-state index contributed by atoms with van der Waals surface area (Å²) in [5.74, 6) is 1.89. The molecule has 34 heavy (non-hydrogen) atoms. The highest BCUT2D eigenvalue weighted by molar-refractivity contribution is 5.96. The Hall–Kier alpha value is -4.32. The summed E-state index contributed by atoms with van der Waals surface area (Å²) in [7, 11) is 1.63. The summed E-state index contributed by atoms with van der Waals surface area (Å²) >= 11 is 0. The summed E-state index contributed by atoms with van der Waals surface area (Å²) in [6.07, 6.45) is 13.8. The maximum atomic E-state index is 13.1. The van der Waals surface area contributed by atoms with Crippen LogP contribution in [-0.4, -0.2) is 30.6 Å². The number of nitrogens with zero attached hydrogens (tertiary/aromatic N) is 1. The van der Waals surface area contributed by atoms with Gasteiger partial charge in [-0.2, -0.15) is 0 Å². The zero-order valence-electron chi connectivity index (χ0n) is 19.0. The van der Waals surface area contributed by atoms with Gasteiger partial charge in [0.05, 0.1) is 18.7 Å². The summed E-state index contributed by atoms with van der Waals surface area (Å²) in [4.78, 5) is 17.5. The fraction of sp³-hybridized carbons (Fsp3) is 0.143. The Labute approximate surface area is 198 Å². The van der Waals surface area contributed by atoms with Crippen LogP contribution < -0.4 is 20.1 Å². The lowest BCUT2D eigenvalue weighted by atomic mass is 9.94. The van der Waals surface area contributed by atoms with Gasteiger partial charge in [0.1, 0.15) is 17.2 Å². The lowest BCUT2D eigenvalue weighted by molar-refractivity contribution is 0.0956. The zero-order chi connectivity index (χ0) is 23.5. The molecule has 3 aromatic rings. The van der Waals surface area contributed by atoms with Crippen molar-refractivity contribution < 1.29 is 14.3 Å². The summed E-state index contributed by atoms with van der Waals surface area (Å²) in [5, 5.41) is 7.24. The number of amides is 1. The Morgan fingerprint density at radius 2 is 2.03 bits per heavy atom. The highest BCUT2D eigenvalue weighted by atomic mass is 16.5. The van der Waals surface area contributed by atoms with Crippen molar-refractivity contribution in [3.8, 4) is 17.2 Å². The van der Waals surface area contributed by atoms with E-state index >= 15 is 0 Å². The van der Waals surface area contributed by atoms with Crippen molar-refractivity contribution in [1.82, 2.24) is 15.6 Å². The molecule has 0 saturated carbocycles. The number of hydrogen-bond acceptors (Lipinski definition) is 5. The van der Waals surface area contributed by atoms with Gasteiger partial charge in [-0.3, -0.25) is 9.78 Å². The molecule has 2 aliphatic rings. The minimum atomic E-state index is -0.140. The molecule has 0 radical (unpaired) electrons. The number of allylic oxidation sites excluding steroid dienone is 2. The van der Waals surface area contributed by atoms with E-state index in [1.165, 1.54) is 5.57 Å². The molecule has 6 heteroatoms. The second kappa shape index (κ2) is 9.27. The van der Waals surface area contributed by atoms with E-state index in [0.29, 0.717) is 23.6 Å². The molecule has 1 aliphatic heterocycles. The summed E-state index contributed by atoms with van der Waals surface area (Å²) < 4.78 is 11.5. The van der Waals surface area contributed by atoms with E-state index in [0.717, 1.165) is 27.8 Å². The topological polar surface area (TPSA) is 72.5 Å². The van der Waals surface area contributed by atoms with Crippen LogP contribution in [0.3, 0.4) is 0 Å². The maximum absolute atomic E-state index is 13.1. The Kier molecular flexibility index (Phi) is 5.87. The van der Waals surface area contributed by atoms with Crippen molar-refractivity contribution in [2.45, 2.75) is 13.0 Å². The molecular weight excluding hydrogens is 426 g/mol. The predicted octanol–water partition coefficient (Wildman–Crippen LogP) is 4.98. The molecule has 170 valence electrons. The number of benzene rings is 2. The first kappa shape index (κ1) is 21.5. The minimum Gasteiger partial charge on any atom is -0.497 e. The fourth-order valence-corrected chi connectivity index (χ4v) is 4.18. The molecule has 5 rings (SSSR count). The Morgan fingerprint density at radius 1 is 1.12 bits per heavy atom. The van der Waals surface area contributed by atoms with Crippen molar-refractivity contribution in [3.63, 3.8) is 0 Å². The normalized spacial score (nSPS) is 16.2. The maximum Gasteiger partial charge on any atom is 0.251 e. The number of aromatic nitrogens is 1. The number of dihydropyridines is 1. The van der Waals surface area contributed by atoms with E-state index in [1.54, 1.807) is 13.3 Å². The summed E-state index contributed by atoms with van der Waals surface area (Å²) in [6.45, 7) is 2.34. The highest BCUT2D eigenvalue weighted by Crippen LogP contribution is 2.33. The first-order chi connectivity index (χ1) is 16.6. The van der Waals surface area contributed by atoms with Crippen LogP contribution in [0.15, 0.2) is 96.4 Å². The molecule has 0 spiro atoms. The van der Waals surface area contributed by atoms with Gasteiger partial charge in [0.15, 0.2) is 0 Å². The number of carbonyl (C=O) groups excluding carboxylic acids is 1. The van der Waals surface area contributed by atoms with Crippen LogP contribution >= 0.6 is 0 Å². The minimum absolute atomic E-state index is 0.140. The molecule has 2 N–H and O–H groups in total. The van der Waals surface area contributed by atoms with Crippen LogP contribution in [0.1, 0.15) is 15.9 Å². The van der Waals surface area contributed by atoms with Crippen LogP contribution in [0.4, 0.5) is 0 Å². The van der Waals surface area contributed by atoms with Crippen molar-refractivity contribution in [2.75, 3.05) is 13.7 Å². The van der Waals surface area contributed by atoms with Gasteiger partial charge in [0.2, 0.25) is 0 Å². The number of rotatable bonds is 6. The van der Waals surface area contributed by atoms with E-state index in [4.69, 9.17) is 9.47 Å². The monoisotopic (exact) mass is 451 g/mol. The van der Waals surface area contributed by atoms with Crippen LogP contribution in [-0.2, 0) is 0 Å². The fourth-order valence-electron chi connectivity index (χ4n) is 4.18. The third-order valence-electron chi connectivity index (χ3n) is 6.05. The van der Waals surface area contributed by atoms with Crippen LogP contribution in [0.25, 0.3) is 10.9 Å². The van der Waals surface area contributed by atoms with Gasteiger partial charge in [-0.1, -0.05) is 30.4 Å². The number of hydrogen-bond donors (Lipinski definition) is 2. The van der Waals surface area contributed by atoms with Crippen molar-refractivity contribution in [1.29, 1.82) is 0 Å². The molecule has 1 aliphatic carbocycles. The molecular formula is C28H25N3O3. The number of ether oxygens (including phenoxy) is 2. The molecule has 1 unspecified atom stereocenters. The first-order valence-corrected chi connectivity index (χ1v) is 11.1. The van der Waals surface area contributed by atoms with Gasteiger partial charge < -0.3 is 20.1 Å². The standard InChI is InChI=1S/C28H25N3O3/c1-18-21(28(32)31-17-19-12-14-29-24-8-4-3-6-22(19)24)7-5-9-26(18)34-27-13-15-30-25-16-20(33-2)10-11-23(25)27/h3-16,24,29H,17H2,1-2H3,(H,31,32). The number of methoxy groups -OCH3 is 1. The largest absolute Gasteiger partial charge is 0.497 e. The first-order valence-electron chi connectivity index (χ1n) is 11.1. The van der Waals surface area contributed by atoms with Gasteiger partial charge in [-0.25, -0.2) is 0 Å². The van der Waals surface area contributed by atoms with E-state index in [1.807, 2.05) is 73.8 Å². The van der Waals surface area contributed by atoms with Gasteiger partial charge in [0, 0.05) is 35.3 Å². The van der Waals surface area contributed by atoms with Gasteiger partial charge in [-0.05, 0) is 60.7 Å². The zero-order valence-corrected chi connectivity index (χ0v) is 19.0. The van der Waals surface area contributed by atoms with Gasteiger partial charge in [-0.15, -0.1) is 0 Å². The second-order valence-electron chi connectivity index (χ2n) is 8.11. The van der Waals surface area contributed by atoms with E-state index < -0.39 is 0 Å². The van der Waals surface area contributed by atoms with Crippen LogP contribution in [0, 0.1) is 6.92 Å². The molecule has 6 nitrogen and oxygen atoms in total. The van der Waals surface area contributed by atoms with Crippen molar-refractivity contribution >= 4 is 16.8 Å². The lowest BCUT2D eigenvalue weighted by Crippen LogP contribution is -2.32. The average Bonchev–Trinajstić information content (AvgIpc) is 2.88. The van der Waals surface area contributed by atoms with Crippen molar-refractivity contribution in [2.24, 2.45) is 0 Å². The Balaban J connectivity index is 1.36. The molecule has 0 saturated heterocycles.